The van der Waals surface area contributed by atoms with Crippen LogP contribution >= 0.6 is 0 Å². The highest BCUT2D eigenvalue weighted by molar-refractivity contribution is 5.90. The van der Waals surface area contributed by atoms with Crippen molar-refractivity contribution in [1.82, 2.24) is 0 Å². The van der Waals surface area contributed by atoms with Crippen molar-refractivity contribution in [3.05, 3.63) is 0 Å². The Morgan fingerprint density at radius 2 is 1.62 bits per heavy atom. The maximum Gasteiger partial charge on any atom is 0.137 e. The molecule has 8 atom stereocenters. The molecule has 2 heteroatoms. The number of carbonyl (C=O) groups excluding carboxylic acids is 2. The summed E-state index contributed by atoms with van der Waals surface area (Å²) >= 11 is 0. The summed E-state index contributed by atoms with van der Waals surface area (Å²) in [5.74, 6) is 5.25. The molecule has 2 nitrogen and oxygen atoms in total. The highest BCUT2D eigenvalue weighted by atomic mass is 16.1. The number of Topliss-reactive ketones (excluding diaryl/α,β-unsaturated/α-hetero) is 2. The highest BCUT2D eigenvalue weighted by Gasteiger charge is 2.62. The topological polar surface area (TPSA) is 34.1 Å². The van der Waals surface area contributed by atoms with E-state index in [9.17, 15) is 9.59 Å². The molecule has 0 radical (unpaired) electrons. The van der Waals surface area contributed by atoms with E-state index in [2.05, 4.69) is 34.6 Å². The van der Waals surface area contributed by atoms with Crippen molar-refractivity contribution < 1.29 is 9.59 Å². The van der Waals surface area contributed by atoms with E-state index >= 15 is 0 Å². The second-order valence-corrected chi connectivity index (χ2v) is 12.4. The molecule has 164 valence electrons. The Morgan fingerprint density at radius 3 is 2.34 bits per heavy atom. The lowest BCUT2D eigenvalue weighted by Gasteiger charge is -2.59. The van der Waals surface area contributed by atoms with Gasteiger partial charge in [0.2, 0.25) is 0 Å². The molecule has 0 aromatic carbocycles. The summed E-state index contributed by atoms with van der Waals surface area (Å²) in [7, 11) is 0. The first-order valence-corrected chi connectivity index (χ1v) is 12.7. The van der Waals surface area contributed by atoms with Crippen molar-refractivity contribution in [2.24, 2.45) is 52.3 Å². The second kappa shape index (κ2) is 7.79. The third kappa shape index (κ3) is 3.55. The third-order valence-corrected chi connectivity index (χ3v) is 10.5. The fraction of sp³-hybridized carbons (Fsp3) is 0.926. The van der Waals surface area contributed by atoms with Gasteiger partial charge in [-0.25, -0.2) is 0 Å². The van der Waals surface area contributed by atoms with Crippen molar-refractivity contribution >= 4 is 11.6 Å². The number of rotatable bonds is 5. The molecule has 4 fully saturated rings. The van der Waals surface area contributed by atoms with Crippen LogP contribution in [0.1, 0.15) is 105 Å². The van der Waals surface area contributed by atoms with Gasteiger partial charge < -0.3 is 0 Å². The van der Waals surface area contributed by atoms with Crippen molar-refractivity contribution in [2.75, 3.05) is 0 Å². The van der Waals surface area contributed by atoms with Gasteiger partial charge in [0, 0.05) is 25.2 Å². The Bertz CT molecular complexity index is 651. The predicted octanol–water partition coefficient (Wildman–Crippen LogP) is 6.86. The minimum atomic E-state index is 0.0292. The highest BCUT2D eigenvalue weighted by Crippen LogP contribution is 2.67. The average Bonchev–Trinajstić information content (AvgIpc) is 3.00. The smallest absolute Gasteiger partial charge is 0.137 e. The van der Waals surface area contributed by atoms with E-state index < -0.39 is 0 Å². The predicted molar refractivity (Wildman–Crippen MR) is 118 cm³/mol. The number of hydrogen-bond donors (Lipinski definition) is 0. The van der Waals surface area contributed by atoms with E-state index in [-0.39, 0.29) is 11.3 Å². The van der Waals surface area contributed by atoms with Gasteiger partial charge in [-0.1, -0.05) is 53.9 Å². The van der Waals surface area contributed by atoms with Crippen LogP contribution in [0.15, 0.2) is 0 Å². The van der Waals surface area contributed by atoms with Gasteiger partial charge in [0.15, 0.2) is 0 Å². The van der Waals surface area contributed by atoms with E-state index in [1.807, 2.05) is 0 Å². The number of ketones is 2. The van der Waals surface area contributed by atoms with E-state index in [1.165, 1.54) is 44.9 Å². The van der Waals surface area contributed by atoms with Gasteiger partial charge in [-0.15, -0.1) is 0 Å². The molecule has 0 heterocycles. The summed E-state index contributed by atoms with van der Waals surface area (Å²) in [6.45, 7) is 12.2. The Balaban J connectivity index is 1.51. The molecule has 0 bridgehead atoms. The lowest BCUT2D eigenvalue weighted by Crippen LogP contribution is -2.56. The Labute approximate surface area is 179 Å². The van der Waals surface area contributed by atoms with Gasteiger partial charge in [0.05, 0.1) is 0 Å². The first kappa shape index (κ1) is 21.6. The van der Waals surface area contributed by atoms with Crippen LogP contribution in [0.4, 0.5) is 0 Å². The van der Waals surface area contributed by atoms with Crippen LogP contribution in [0, 0.1) is 52.3 Å². The van der Waals surface area contributed by atoms with Gasteiger partial charge in [0.25, 0.3) is 0 Å². The van der Waals surface area contributed by atoms with E-state index in [0.29, 0.717) is 41.7 Å². The zero-order valence-electron chi connectivity index (χ0n) is 19.6. The van der Waals surface area contributed by atoms with Crippen molar-refractivity contribution in [1.29, 1.82) is 0 Å². The normalized spacial score (nSPS) is 45.7. The standard InChI is InChI=1S/C27H44O2/c1-17(2)7-6-8-18(3)21-9-10-22-20-16-25(29)24-15-19(28)11-13-27(24,5)23(20)12-14-26(21,22)4/h17-18,20-24H,6-16H2,1-5H3/t18-,20+,21+,22-,23+,24-,26-,27-/m1/s1. The van der Waals surface area contributed by atoms with Crippen molar-refractivity contribution in [3.63, 3.8) is 0 Å². The molecule has 0 aliphatic heterocycles. The first-order chi connectivity index (χ1) is 13.7. The molecule has 0 saturated heterocycles. The summed E-state index contributed by atoms with van der Waals surface area (Å²) in [5, 5.41) is 0. The quantitative estimate of drug-likeness (QED) is 0.505. The summed E-state index contributed by atoms with van der Waals surface area (Å²) in [6.07, 6.45) is 12.4. The van der Waals surface area contributed by atoms with E-state index in [4.69, 9.17) is 0 Å². The monoisotopic (exact) mass is 400 g/mol. The van der Waals surface area contributed by atoms with Gasteiger partial charge in [0.1, 0.15) is 11.6 Å². The lowest BCUT2D eigenvalue weighted by atomic mass is 9.44. The third-order valence-electron chi connectivity index (χ3n) is 10.5. The van der Waals surface area contributed by atoms with Crippen LogP contribution in [-0.4, -0.2) is 11.6 Å². The zero-order valence-corrected chi connectivity index (χ0v) is 19.6. The van der Waals surface area contributed by atoms with Gasteiger partial charge in [-0.05, 0) is 78.4 Å². The zero-order chi connectivity index (χ0) is 21.0. The van der Waals surface area contributed by atoms with Gasteiger partial charge >= 0.3 is 0 Å². The Kier molecular flexibility index (Phi) is 5.79. The molecule has 4 aliphatic rings. The van der Waals surface area contributed by atoms with Crippen molar-refractivity contribution in [3.8, 4) is 0 Å². The molecule has 0 aromatic heterocycles. The maximum absolute atomic E-state index is 13.2. The van der Waals surface area contributed by atoms with Gasteiger partial charge in [-0.2, -0.15) is 0 Å². The van der Waals surface area contributed by atoms with Crippen molar-refractivity contribution in [2.45, 2.75) is 105 Å². The molecular formula is C27H44O2. The van der Waals surface area contributed by atoms with Crippen LogP contribution in [0.5, 0.6) is 0 Å². The van der Waals surface area contributed by atoms with E-state index in [1.54, 1.807) is 0 Å². The number of carbonyl (C=O) groups is 2. The SMILES string of the molecule is CC(C)CCC[C@@H](C)[C@@H]1CC[C@@H]2[C@@H]3CC(=O)[C@H]4CC(=O)CC[C@]4(C)[C@H]3CC[C@@]21C. The van der Waals surface area contributed by atoms with Crippen LogP contribution in [0.25, 0.3) is 0 Å². The molecule has 0 spiro atoms. The molecule has 4 aliphatic carbocycles. The van der Waals surface area contributed by atoms with E-state index in [0.717, 1.165) is 36.5 Å². The molecule has 0 N–H and O–H groups in total. The summed E-state index contributed by atoms with van der Waals surface area (Å²) in [4.78, 5) is 25.3. The Morgan fingerprint density at radius 1 is 0.897 bits per heavy atom. The molecule has 29 heavy (non-hydrogen) atoms. The number of hydrogen-bond acceptors (Lipinski definition) is 2. The minimum Gasteiger partial charge on any atom is -0.300 e. The fourth-order valence-electron chi connectivity index (χ4n) is 8.86. The molecule has 4 saturated carbocycles. The minimum absolute atomic E-state index is 0.0292. The average molecular weight is 401 g/mol. The van der Waals surface area contributed by atoms with Crippen LogP contribution < -0.4 is 0 Å². The Hall–Kier alpha value is -0.660. The first-order valence-electron chi connectivity index (χ1n) is 12.7. The summed E-state index contributed by atoms with van der Waals surface area (Å²) in [6, 6.07) is 0. The summed E-state index contributed by atoms with van der Waals surface area (Å²) in [5.41, 5.74) is 0.530. The van der Waals surface area contributed by atoms with Crippen LogP contribution in [0.3, 0.4) is 0 Å². The number of fused-ring (bicyclic) bond motifs is 5. The maximum atomic E-state index is 13.2. The largest absolute Gasteiger partial charge is 0.300 e. The fourth-order valence-corrected chi connectivity index (χ4v) is 8.86. The molecule has 0 amide bonds. The molecule has 0 aromatic rings. The molecular weight excluding hydrogens is 356 g/mol. The van der Waals surface area contributed by atoms with Crippen LogP contribution in [-0.2, 0) is 9.59 Å². The second-order valence-electron chi connectivity index (χ2n) is 12.4. The molecule has 4 rings (SSSR count). The van der Waals surface area contributed by atoms with Crippen LogP contribution in [0.2, 0.25) is 0 Å². The lowest BCUT2D eigenvalue weighted by molar-refractivity contribution is -0.159. The summed E-state index contributed by atoms with van der Waals surface area (Å²) < 4.78 is 0. The molecule has 0 unspecified atom stereocenters. The van der Waals surface area contributed by atoms with Gasteiger partial charge in [-0.3, -0.25) is 9.59 Å².